The number of hydrogen-bond donors (Lipinski definition) is 1. The fraction of sp³-hybridized carbons (Fsp3) is 0.233. The van der Waals surface area contributed by atoms with Crippen LogP contribution in [-0.2, 0) is 12.1 Å². The van der Waals surface area contributed by atoms with Crippen molar-refractivity contribution in [1.82, 2.24) is 14.5 Å². The molecule has 0 atom stereocenters. The van der Waals surface area contributed by atoms with Gasteiger partial charge in [-0.2, -0.15) is 5.26 Å². The van der Waals surface area contributed by atoms with Crippen molar-refractivity contribution in [2.24, 2.45) is 5.92 Å². The number of piperidine rings is 1. The average Bonchev–Trinajstić information content (AvgIpc) is 3.41. The highest BCUT2D eigenvalue weighted by Gasteiger charge is 2.42. The Morgan fingerprint density at radius 1 is 0.944 bits per heavy atom. The molecule has 1 aliphatic rings. The molecule has 1 N–H and O–H groups in total. The van der Waals surface area contributed by atoms with E-state index in [9.17, 15) is 9.90 Å². The van der Waals surface area contributed by atoms with Crippen LogP contribution in [0.25, 0.3) is 0 Å². The minimum Gasteiger partial charge on any atom is -0.380 e. The zero-order valence-electron chi connectivity index (χ0n) is 20.0. The number of carbonyl (C=O) groups is 1. The van der Waals surface area contributed by atoms with E-state index in [2.05, 4.69) is 11.1 Å². The van der Waals surface area contributed by atoms with E-state index in [-0.39, 0.29) is 11.8 Å². The summed E-state index contributed by atoms with van der Waals surface area (Å²) in [7, 11) is 0. The molecule has 1 saturated heterocycles. The normalized spacial score (nSPS) is 14.4. The number of amides is 1. The van der Waals surface area contributed by atoms with Crippen molar-refractivity contribution in [3.63, 3.8) is 0 Å². The molecule has 0 saturated carbocycles. The Hall–Kier alpha value is -4.21. The Morgan fingerprint density at radius 3 is 2.08 bits per heavy atom. The smallest absolute Gasteiger partial charge is 0.272 e. The van der Waals surface area contributed by atoms with Crippen molar-refractivity contribution in [3.8, 4) is 6.07 Å². The second kappa shape index (κ2) is 10.2. The highest BCUT2D eigenvalue weighted by Crippen LogP contribution is 2.42. The molecule has 0 spiro atoms. The predicted molar refractivity (Wildman–Crippen MR) is 137 cm³/mol. The lowest BCUT2D eigenvalue weighted by Crippen LogP contribution is -2.46. The molecule has 0 radical (unpaired) electrons. The van der Waals surface area contributed by atoms with Gasteiger partial charge in [0.15, 0.2) is 0 Å². The highest BCUT2D eigenvalue weighted by atomic mass is 16.3. The van der Waals surface area contributed by atoms with Gasteiger partial charge < -0.3 is 14.6 Å². The van der Waals surface area contributed by atoms with Gasteiger partial charge in [0.05, 0.1) is 24.2 Å². The average molecular weight is 477 g/mol. The Kier molecular flexibility index (Phi) is 6.66. The first-order chi connectivity index (χ1) is 17.6. The lowest BCUT2D eigenvalue weighted by Gasteiger charge is -2.42. The van der Waals surface area contributed by atoms with Gasteiger partial charge in [-0.05, 0) is 47.6 Å². The van der Waals surface area contributed by atoms with Crippen LogP contribution in [0.2, 0.25) is 0 Å². The monoisotopic (exact) mass is 476 g/mol. The van der Waals surface area contributed by atoms with Gasteiger partial charge in [0.2, 0.25) is 0 Å². The van der Waals surface area contributed by atoms with Gasteiger partial charge in [0.25, 0.3) is 5.91 Å². The summed E-state index contributed by atoms with van der Waals surface area (Å²) in [5, 5.41) is 21.1. The molecule has 1 fully saturated rings. The number of carbonyl (C=O) groups excluding carboxylic acids is 1. The van der Waals surface area contributed by atoms with Crippen molar-refractivity contribution in [3.05, 3.63) is 125 Å². The van der Waals surface area contributed by atoms with Crippen molar-refractivity contribution < 1.29 is 9.90 Å². The van der Waals surface area contributed by atoms with E-state index >= 15 is 0 Å². The molecule has 1 aliphatic heterocycles. The van der Waals surface area contributed by atoms with E-state index in [1.807, 2.05) is 82.3 Å². The number of nitriles is 1. The van der Waals surface area contributed by atoms with Crippen LogP contribution in [0.5, 0.6) is 0 Å². The summed E-state index contributed by atoms with van der Waals surface area (Å²) in [5.74, 6) is -0.0718. The summed E-state index contributed by atoms with van der Waals surface area (Å²) in [5.41, 5.74) is 2.78. The molecule has 36 heavy (non-hydrogen) atoms. The van der Waals surface area contributed by atoms with E-state index in [1.54, 1.807) is 24.7 Å². The van der Waals surface area contributed by atoms with Gasteiger partial charge >= 0.3 is 0 Å². The molecule has 2 heterocycles. The van der Waals surface area contributed by atoms with Crippen LogP contribution in [0.4, 0.5) is 0 Å². The number of imidazole rings is 1. The molecule has 6 nitrogen and oxygen atoms in total. The van der Waals surface area contributed by atoms with Gasteiger partial charge in [-0.15, -0.1) is 0 Å². The minimum atomic E-state index is -1.12. The molecule has 5 rings (SSSR count). The van der Waals surface area contributed by atoms with Gasteiger partial charge in [0, 0.05) is 19.6 Å². The molecule has 3 aromatic carbocycles. The van der Waals surface area contributed by atoms with E-state index in [0.717, 1.165) is 16.7 Å². The number of aliphatic hydroxyl groups is 1. The summed E-state index contributed by atoms with van der Waals surface area (Å²) in [6.07, 6.45) is 4.66. The molecule has 4 aromatic rings. The Bertz CT molecular complexity index is 1310. The fourth-order valence-electron chi connectivity index (χ4n) is 5.19. The molecule has 0 unspecified atom stereocenters. The van der Waals surface area contributed by atoms with Crippen molar-refractivity contribution in [1.29, 1.82) is 5.26 Å². The highest BCUT2D eigenvalue weighted by molar-refractivity contribution is 5.92. The SMILES string of the molecule is N#Cc1ccc(Cn2cncc2C(=O)N2CCC(C(O)(c3ccccc3)c3ccccc3)CC2)cc1. The van der Waals surface area contributed by atoms with Gasteiger partial charge in [-0.25, -0.2) is 4.98 Å². The van der Waals surface area contributed by atoms with Crippen LogP contribution in [0.1, 0.15) is 45.6 Å². The second-order valence-electron chi connectivity index (χ2n) is 9.28. The summed E-state index contributed by atoms with van der Waals surface area (Å²) in [6, 6.07) is 29.1. The van der Waals surface area contributed by atoms with Crippen molar-refractivity contribution >= 4 is 5.91 Å². The number of nitrogens with zero attached hydrogens (tertiary/aromatic N) is 4. The summed E-state index contributed by atoms with van der Waals surface area (Å²) in [6.45, 7) is 1.63. The first-order valence-electron chi connectivity index (χ1n) is 12.2. The van der Waals surface area contributed by atoms with Crippen LogP contribution in [0, 0.1) is 17.2 Å². The summed E-state index contributed by atoms with van der Waals surface area (Å²) < 4.78 is 1.85. The standard InChI is InChI=1S/C30H28N4O2/c31-19-23-11-13-24(14-12-23)21-34-22-32-20-28(34)29(35)33-17-15-27(16-18-33)30(36,25-7-3-1-4-8-25)26-9-5-2-6-10-26/h1-14,20,22,27,36H,15-18,21H2. The van der Waals surface area contributed by atoms with Gasteiger partial charge in [0.1, 0.15) is 11.3 Å². The van der Waals surface area contributed by atoms with E-state index in [0.29, 0.717) is 43.7 Å². The largest absolute Gasteiger partial charge is 0.380 e. The lowest BCUT2D eigenvalue weighted by molar-refractivity contribution is -0.0124. The lowest BCUT2D eigenvalue weighted by atomic mass is 9.72. The number of hydrogen-bond acceptors (Lipinski definition) is 4. The van der Waals surface area contributed by atoms with E-state index in [4.69, 9.17) is 5.26 Å². The summed E-state index contributed by atoms with van der Waals surface area (Å²) in [4.78, 5) is 19.5. The Balaban J connectivity index is 1.32. The van der Waals surface area contributed by atoms with Crippen LogP contribution < -0.4 is 0 Å². The fourth-order valence-corrected chi connectivity index (χ4v) is 5.19. The van der Waals surface area contributed by atoms with Gasteiger partial charge in [-0.3, -0.25) is 4.79 Å². The Labute approximate surface area is 211 Å². The topological polar surface area (TPSA) is 82.2 Å². The first-order valence-corrected chi connectivity index (χ1v) is 12.2. The molecule has 0 bridgehead atoms. The van der Waals surface area contributed by atoms with Crippen molar-refractivity contribution in [2.75, 3.05) is 13.1 Å². The minimum absolute atomic E-state index is 0.0186. The molecule has 6 heteroatoms. The molecular formula is C30H28N4O2. The first kappa shape index (κ1) is 23.5. The number of aromatic nitrogens is 2. The van der Waals surface area contributed by atoms with E-state index in [1.165, 1.54) is 0 Å². The third-order valence-corrected chi connectivity index (χ3v) is 7.17. The number of rotatable bonds is 6. The third-order valence-electron chi connectivity index (χ3n) is 7.17. The molecule has 1 amide bonds. The van der Waals surface area contributed by atoms with Crippen molar-refractivity contribution in [2.45, 2.75) is 25.0 Å². The maximum Gasteiger partial charge on any atom is 0.272 e. The molecular weight excluding hydrogens is 448 g/mol. The summed E-state index contributed by atoms with van der Waals surface area (Å²) >= 11 is 0. The molecule has 1 aromatic heterocycles. The molecule has 0 aliphatic carbocycles. The maximum absolute atomic E-state index is 13.4. The number of likely N-dealkylation sites (tertiary alicyclic amines) is 1. The van der Waals surface area contributed by atoms with Crippen LogP contribution in [-0.4, -0.2) is 38.6 Å². The zero-order chi connectivity index (χ0) is 25.0. The predicted octanol–water partition coefficient (Wildman–Crippen LogP) is 4.59. The van der Waals surface area contributed by atoms with Gasteiger partial charge in [-0.1, -0.05) is 72.8 Å². The maximum atomic E-state index is 13.4. The quantitative estimate of drug-likeness (QED) is 0.441. The number of benzene rings is 3. The van der Waals surface area contributed by atoms with Crippen LogP contribution in [0.15, 0.2) is 97.5 Å². The third kappa shape index (κ3) is 4.53. The Morgan fingerprint density at radius 2 is 1.53 bits per heavy atom. The molecule has 180 valence electrons. The second-order valence-corrected chi connectivity index (χ2v) is 9.28. The zero-order valence-corrected chi connectivity index (χ0v) is 20.0. The van der Waals surface area contributed by atoms with Crippen LogP contribution in [0.3, 0.4) is 0 Å². The van der Waals surface area contributed by atoms with Crippen LogP contribution >= 0.6 is 0 Å². The van der Waals surface area contributed by atoms with E-state index < -0.39 is 5.60 Å².